The molecular weight excluding hydrogens is 510 g/mol. The summed E-state index contributed by atoms with van der Waals surface area (Å²) in [5, 5.41) is 20.4. The number of nitrogens with one attached hydrogen (secondary N) is 1. The van der Waals surface area contributed by atoms with Crippen LogP contribution in [-0.2, 0) is 42.6 Å². The lowest BCUT2D eigenvalue weighted by Gasteiger charge is -2.44. The van der Waals surface area contributed by atoms with Crippen LogP contribution in [0.5, 0.6) is 0 Å². The van der Waals surface area contributed by atoms with E-state index in [4.69, 9.17) is 16.3 Å². The molecule has 17 nitrogen and oxygen atoms in total. The summed E-state index contributed by atoms with van der Waals surface area (Å²) in [5.74, 6) is -3.30. The molecule has 1 aliphatic rings. The Morgan fingerprint density at radius 1 is 1.40 bits per heavy atom. The van der Waals surface area contributed by atoms with Crippen molar-refractivity contribution in [2.75, 3.05) is 5.73 Å². The minimum Gasteiger partial charge on any atom is -0.478 e. The number of oxime groups is 1. The van der Waals surface area contributed by atoms with E-state index >= 15 is 0 Å². The third-order valence-electron chi connectivity index (χ3n) is 4.80. The van der Waals surface area contributed by atoms with Crippen molar-refractivity contribution in [3.05, 3.63) is 23.2 Å². The number of anilines is 1. The van der Waals surface area contributed by atoms with Crippen LogP contribution in [0.4, 0.5) is 5.13 Å². The summed E-state index contributed by atoms with van der Waals surface area (Å²) in [5.41, 5.74) is 8.74. The normalized spacial score (nSPS) is 18.8. The number of rotatable bonds is 10. The van der Waals surface area contributed by atoms with Crippen LogP contribution in [0.3, 0.4) is 0 Å². The molecule has 1 aliphatic heterocycles. The second kappa shape index (κ2) is 9.52. The molecule has 2 aromatic rings. The van der Waals surface area contributed by atoms with Crippen LogP contribution in [0.25, 0.3) is 0 Å². The molecule has 1 saturated heterocycles. The maximum absolute atomic E-state index is 13.0. The van der Waals surface area contributed by atoms with Crippen molar-refractivity contribution in [3.63, 3.8) is 0 Å². The van der Waals surface area contributed by atoms with Crippen molar-refractivity contribution >= 4 is 50.3 Å². The molecule has 190 valence electrons. The zero-order valence-corrected chi connectivity index (χ0v) is 19.9. The number of carboxylic acid groups (broad SMARTS) is 1. The minimum atomic E-state index is -4.97. The van der Waals surface area contributed by atoms with E-state index in [-0.39, 0.29) is 34.0 Å². The van der Waals surface area contributed by atoms with E-state index in [0.717, 1.165) is 17.7 Å². The number of nitrogens with zero attached hydrogens (tertiary/aromatic N) is 6. The summed E-state index contributed by atoms with van der Waals surface area (Å²) in [6.45, 7) is 2.03. The van der Waals surface area contributed by atoms with Gasteiger partial charge in [-0.15, -0.1) is 11.3 Å². The fourth-order valence-electron chi connectivity index (χ4n) is 2.93. The Bertz CT molecular complexity index is 1290. The maximum atomic E-state index is 13.0. The summed E-state index contributed by atoms with van der Waals surface area (Å²) in [4.78, 5) is 49.7. The van der Waals surface area contributed by atoms with Crippen molar-refractivity contribution in [3.8, 4) is 0 Å². The van der Waals surface area contributed by atoms with Crippen molar-refractivity contribution < 1.29 is 37.3 Å². The lowest BCUT2D eigenvalue weighted by Crippen LogP contribution is -2.73. The van der Waals surface area contributed by atoms with E-state index < -0.39 is 51.5 Å². The van der Waals surface area contributed by atoms with Crippen LogP contribution < -0.4 is 16.8 Å². The third-order valence-corrected chi connectivity index (χ3v) is 6.42. The molecule has 0 spiro atoms. The minimum absolute atomic E-state index is 0.0533. The highest BCUT2D eigenvalue weighted by atomic mass is 32.2. The average Bonchev–Trinajstić information content (AvgIpc) is 3.39. The Labute approximate surface area is 201 Å². The standard InChI is InChI=1S/C16H21N9O8S2/c1-16(2,14(28)29)33-23-10(7-5-34-15(18)21-7)12(26)22-11-8(25(13(11)27)35(30,31)32)4-24-9(3-17)19-6-20-24/h5-6,8,11H,3-4,17H2,1-2H3,(H2,18,21)(H,22,26)(H,28,29)(H,30,31,32)/b23-10-. The van der Waals surface area contributed by atoms with Gasteiger partial charge in [0.1, 0.15) is 23.9 Å². The monoisotopic (exact) mass is 531 g/mol. The number of aliphatic carboxylic acids is 1. The molecule has 2 atom stereocenters. The van der Waals surface area contributed by atoms with Crippen molar-refractivity contribution in [2.24, 2.45) is 10.9 Å². The van der Waals surface area contributed by atoms with Gasteiger partial charge in [0.15, 0.2) is 10.8 Å². The Hall–Kier alpha value is -3.68. The lowest BCUT2D eigenvalue weighted by atomic mass is 9.98. The van der Waals surface area contributed by atoms with Gasteiger partial charge >= 0.3 is 16.3 Å². The van der Waals surface area contributed by atoms with Crippen molar-refractivity contribution in [2.45, 2.75) is 44.6 Å². The second-order valence-corrected chi connectivity index (χ2v) is 9.79. The number of carbonyl (C=O) groups is 3. The van der Waals surface area contributed by atoms with Gasteiger partial charge in [0.05, 0.1) is 19.1 Å². The van der Waals surface area contributed by atoms with E-state index in [0.29, 0.717) is 0 Å². The van der Waals surface area contributed by atoms with E-state index in [1.165, 1.54) is 23.9 Å². The van der Waals surface area contributed by atoms with Crippen LogP contribution in [-0.4, -0.2) is 83.3 Å². The fourth-order valence-corrected chi connectivity index (χ4v) is 4.35. The van der Waals surface area contributed by atoms with Crippen LogP contribution in [0.1, 0.15) is 25.4 Å². The van der Waals surface area contributed by atoms with Crippen molar-refractivity contribution in [1.29, 1.82) is 0 Å². The zero-order valence-electron chi connectivity index (χ0n) is 18.2. The first-order valence-electron chi connectivity index (χ1n) is 9.65. The molecule has 3 heterocycles. The van der Waals surface area contributed by atoms with Crippen LogP contribution in [0.2, 0.25) is 0 Å². The lowest BCUT2D eigenvalue weighted by molar-refractivity contribution is -0.161. The first-order valence-corrected chi connectivity index (χ1v) is 11.9. The van der Waals surface area contributed by atoms with Gasteiger partial charge in [-0.25, -0.2) is 23.7 Å². The summed E-state index contributed by atoms with van der Waals surface area (Å²) in [6.07, 6.45) is 1.16. The number of nitrogens with two attached hydrogens (primary N) is 2. The molecule has 1 fully saturated rings. The number of carbonyl (C=O) groups excluding carboxylic acids is 2. The summed E-state index contributed by atoms with van der Waals surface area (Å²) >= 11 is 0.956. The molecule has 35 heavy (non-hydrogen) atoms. The van der Waals surface area contributed by atoms with Crippen LogP contribution in [0, 0.1) is 0 Å². The van der Waals surface area contributed by atoms with Gasteiger partial charge in [0.2, 0.25) is 5.60 Å². The number of β-lactam (4-membered cyclic amide) rings is 1. The highest BCUT2D eigenvalue weighted by molar-refractivity contribution is 7.84. The SMILES string of the molecule is CC(C)(O/N=C(\C(=O)NC1C(=O)N(S(=O)(=O)O)C1Cn1ncnc1CN)c1csc(N)n1)C(=O)O. The van der Waals surface area contributed by atoms with Gasteiger partial charge in [-0.1, -0.05) is 5.16 Å². The van der Waals surface area contributed by atoms with Gasteiger partial charge in [0, 0.05) is 5.38 Å². The molecular formula is C16H21N9O8S2. The number of aromatic nitrogens is 4. The van der Waals surface area contributed by atoms with Gasteiger partial charge in [-0.05, 0) is 13.8 Å². The van der Waals surface area contributed by atoms with E-state index in [1.54, 1.807) is 0 Å². The quantitative estimate of drug-likeness (QED) is 0.0924. The van der Waals surface area contributed by atoms with E-state index in [2.05, 4.69) is 25.5 Å². The third kappa shape index (κ3) is 5.37. The smallest absolute Gasteiger partial charge is 0.362 e. The average molecular weight is 532 g/mol. The molecule has 3 rings (SSSR count). The molecule has 7 N–H and O–H groups in total. The number of hydrogen-bond donors (Lipinski definition) is 5. The topological polar surface area (TPSA) is 258 Å². The first kappa shape index (κ1) is 25.9. The predicted octanol–water partition coefficient (Wildman–Crippen LogP) is -2.44. The second-order valence-electron chi connectivity index (χ2n) is 7.61. The Morgan fingerprint density at radius 3 is 2.63 bits per heavy atom. The zero-order chi connectivity index (χ0) is 26.1. The molecule has 0 aromatic carbocycles. The highest BCUT2D eigenvalue weighted by Gasteiger charge is 2.54. The molecule has 19 heteroatoms. The number of amides is 2. The van der Waals surface area contributed by atoms with Gasteiger partial charge in [-0.2, -0.15) is 13.5 Å². The molecule has 0 saturated carbocycles. The van der Waals surface area contributed by atoms with Crippen molar-refractivity contribution in [1.82, 2.24) is 29.4 Å². The molecule has 0 bridgehead atoms. The molecule has 2 aromatic heterocycles. The summed E-state index contributed by atoms with van der Waals surface area (Å²) in [6, 6.07) is -2.75. The molecule has 2 amide bonds. The summed E-state index contributed by atoms with van der Waals surface area (Å²) < 4.78 is 34.3. The number of nitrogen functional groups attached to an aromatic ring is 1. The Kier molecular flexibility index (Phi) is 7.06. The molecule has 0 aliphatic carbocycles. The maximum Gasteiger partial charge on any atom is 0.362 e. The van der Waals surface area contributed by atoms with Crippen LogP contribution in [0.15, 0.2) is 16.9 Å². The summed E-state index contributed by atoms with van der Waals surface area (Å²) in [7, 11) is -4.97. The fraction of sp³-hybridized carbons (Fsp3) is 0.438. The van der Waals surface area contributed by atoms with Gasteiger partial charge < -0.3 is 26.7 Å². The van der Waals surface area contributed by atoms with Gasteiger partial charge in [0.25, 0.3) is 11.8 Å². The van der Waals surface area contributed by atoms with E-state index in [9.17, 15) is 32.5 Å². The molecule has 2 unspecified atom stereocenters. The highest BCUT2D eigenvalue weighted by Crippen LogP contribution is 2.26. The Morgan fingerprint density at radius 2 is 2.09 bits per heavy atom. The predicted molar refractivity (Wildman–Crippen MR) is 118 cm³/mol. The molecule has 0 radical (unpaired) electrons. The number of hydrogen-bond acceptors (Lipinski definition) is 13. The number of thiazole rings is 1. The van der Waals surface area contributed by atoms with Crippen LogP contribution >= 0.6 is 11.3 Å². The van der Waals surface area contributed by atoms with Gasteiger partial charge in [-0.3, -0.25) is 14.1 Å². The first-order chi connectivity index (χ1) is 16.3. The van der Waals surface area contributed by atoms with E-state index in [1.807, 2.05) is 0 Å². The Balaban J connectivity index is 1.90. The number of carboxylic acids is 1. The largest absolute Gasteiger partial charge is 0.478 e.